The number of esters is 1. The van der Waals surface area contributed by atoms with E-state index < -0.39 is 71.5 Å². The highest BCUT2D eigenvalue weighted by atomic mass is 16.7. The molecular formula is C44H67N5O10. The fourth-order valence-electron chi connectivity index (χ4n) is 10.5. The van der Waals surface area contributed by atoms with Crippen LogP contribution in [0.15, 0.2) is 30.5 Å². The molecule has 2 bridgehead atoms. The van der Waals surface area contributed by atoms with Crippen LogP contribution in [0.4, 0.5) is 4.79 Å². The lowest BCUT2D eigenvalue weighted by atomic mass is 9.72. The van der Waals surface area contributed by atoms with Gasteiger partial charge < -0.3 is 38.8 Å². The fraction of sp³-hybridized carbons (Fsp3) is 0.727. The summed E-state index contributed by atoms with van der Waals surface area (Å²) in [6.07, 6.45) is -0.705. The average molecular weight is 826 g/mol. The van der Waals surface area contributed by atoms with E-state index in [0.29, 0.717) is 32.5 Å². The Hall–Kier alpha value is -3.44. The average Bonchev–Trinajstić information content (AvgIpc) is 3.36. The molecule has 59 heavy (non-hydrogen) atoms. The van der Waals surface area contributed by atoms with Gasteiger partial charge >= 0.3 is 12.1 Å². The standard InChI is InChI=1S/C44H67N5O10/c1-12-34-44(8)38-26(4)35(46-23-48(49(38)42(53)59-44)19-13-14-29-17-18-45-32-21-30(55-11)15-16-31(29)32)24(2)22-43(7,54)39(27(5)36(50)28(6)40(52)57-34)58-41-37(51)33(47(9)10)20-25(3)56-41/h15-18,21,24-28,33-35,37-39,41,46,51,54H,12-14,19-20,22-23H2,1-11H3/t24-,25-,26-,27+,28-,33+,34+,35?,37-,38-,39-,41+,43+,44-/m1/s1. The van der Waals surface area contributed by atoms with Crippen molar-refractivity contribution < 1.29 is 48.3 Å². The number of aliphatic hydroxyl groups is 2. The summed E-state index contributed by atoms with van der Waals surface area (Å²) in [5, 5.41) is 32.5. The first kappa shape index (κ1) is 45.1. The van der Waals surface area contributed by atoms with Crippen LogP contribution < -0.4 is 10.1 Å². The first-order valence-electron chi connectivity index (χ1n) is 21.4. The van der Waals surface area contributed by atoms with E-state index in [9.17, 15) is 24.6 Å². The van der Waals surface area contributed by atoms with Crippen molar-refractivity contribution >= 4 is 28.7 Å². The van der Waals surface area contributed by atoms with E-state index >= 15 is 0 Å². The Morgan fingerprint density at radius 2 is 1.81 bits per heavy atom. The molecule has 4 saturated heterocycles. The van der Waals surface area contributed by atoms with Gasteiger partial charge in [-0.1, -0.05) is 27.7 Å². The third-order valence-corrected chi connectivity index (χ3v) is 13.6. The molecule has 1 unspecified atom stereocenters. The van der Waals surface area contributed by atoms with E-state index in [4.69, 9.17) is 23.7 Å². The predicted octanol–water partition coefficient (Wildman–Crippen LogP) is 4.30. The topological polar surface area (TPSA) is 172 Å². The molecule has 4 aliphatic heterocycles. The lowest BCUT2D eigenvalue weighted by Gasteiger charge is -2.47. The minimum Gasteiger partial charge on any atom is -0.497 e. The van der Waals surface area contributed by atoms with Gasteiger partial charge in [0.25, 0.3) is 0 Å². The zero-order valence-corrected chi connectivity index (χ0v) is 36.7. The zero-order valence-electron chi connectivity index (χ0n) is 36.7. The van der Waals surface area contributed by atoms with Gasteiger partial charge in [-0.05, 0) is 109 Å². The molecule has 5 heterocycles. The number of fused-ring (bicyclic) bond motifs is 2. The van der Waals surface area contributed by atoms with E-state index in [0.717, 1.165) is 28.6 Å². The number of amides is 1. The number of ether oxygens (including phenoxy) is 5. The second-order valence-corrected chi connectivity index (χ2v) is 18.2. The minimum atomic E-state index is -1.64. The van der Waals surface area contributed by atoms with Gasteiger partial charge in [-0.15, -0.1) is 0 Å². The summed E-state index contributed by atoms with van der Waals surface area (Å²) in [7, 11) is 5.39. The molecule has 1 aromatic carbocycles. The smallest absolute Gasteiger partial charge is 0.425 e. The van der Waals surface area contributed by atoms with Crippen LogP contribution in [-0.2, 0) is 35.0 Å². The summed E-state index contributed by atoms with van der Waals surface area (Å²) in [6.45, 7) is 15.3. The van der Waals surface area contributed by atoms with Crippen molar-refractivity contribution in [2.45, 2.75) is 148 Å². The maximum atomic E-state index is 14.3. The summed E-state index contributed by atoms with van der Waals surface area (Å²) in [5.74, 6) is -3.22. The second-order valence-electron chi connectivity index (χ2n) is 18.2. The van der Waals surface area contributed by atoms with Crippen LogP contribution in [0.25, 0.3) is 10.9 Å². The Balaban J connectivity index is 1.34. The molecule has 2 aromatic rings. The molecule has 1 amide bonds. The fourth-order valence-corrected chi connectivity index (χ4v) is 10.5. The highest BCUT2D eigenvalue weighted by molar-refractivity contribution is 6.00. The molecule has 0 spiro atoms. The van der Waals surface area contributed by atoms with Crippen molar-refractivity contribution in [1.82, 2.24) is 25.2 Å². The van der Waals surface area contributed by atoms with Crippen molar-refractivity contribution in [1.29, 1.82) is 0 Å². The SMILES string of the molecule is CC[C@@H]1OC(=O)[C@H](C)C(=O)[C@H](C)[C@@H](O[C@@H]2O[C@H](C)C[C@H](N(C)C)[C@H]2O)[C@@](C)(O)C[C@@H](C)C2NCN(CCCc3ccnc4cc(OC)ccc34)N3C(=O)O[C@@]1(C)[C@H]3[C@@H]2C. The summed E-state index contributed by atoms with van der Waals surface area (Å²) in [4.78, 5) is 48.9. The van der Waals surface area contributed by atoms with E-state index in [1.165, 1.54) is 6.92 Å². The number of nitrogens with zero attached hydrogens (tertiary/aromatic N) is 4. The molecule has 3 N–H and O–H groups in total. The molecule has 0 radical (unpaired) electrons. The quantitative estimate of drug-likeness (QED) is 0.241. The van der Waals surface area contributed by atoms with Gasteiger partial charge in [0.15, 0.2) is 17.7 Å². The number of hydrogen-bond acceptors (Lipinski definition) is 14. The number of benzene rings is 1. The van der Waals surface area contributed by atoms with Crippen LogP contribution in [0, 0.1) is 23.7 Å². The number of rotatable bonds is 9. The van der Waals surface area contributed by atoms with E-state index in [1.54, 1.807) is 32.2 Å². The van der Waals surface area contributed by atoms with Crippen LogP contribution >= 0.6 is 0 Å². The van der Waals surface area contributed by atoms with Crippen molar-refractivity contribution in [3.63, 3.8) is 0 Å². The molecule has 14 atom stereocenters. The Morgan fingerprint density at radius 1 is 1.08 bits per heavy atom. The van der Waals surface area contributed by atoms with Crippen LogP contribution in [-0.4, -0.2) is 142 Å². The molecule has 4 fully saturated rings. The third-order valence-electron chi connectivity index (χ3n) is 13.6. The lowest BCUT2D eigenvalue weighted by Crippen LogP contribution is -2.61. The third kappa shape index (κ3) is 8.84. The number of nitrogens with one attached hydrogen (secondary N) is 1. The Bertz CT molecular complexity index is 1830. The molecule has 15 heteroatoms. The van der Waals surface area contributed by atoms with Gasteiger partial charge in [-0.3, -0.25) is 19.9 Å². The number of hydrogen-bond donors (Lipinski definition) is 3. The number of pyridine rings is 1. The summed E-state index contributed by atoms with van der Waals surface area (Å²) < 4.78 is 30.6. The number of carbonyl (C=O) groups excluding carboxylic acids is 3. The van der Waals surface area contributed by atoms with Crippen LogP contribution in [0.3, 0.4) is 0 Å². The number of likely N-dealkylation sites (N-methyl/N-ethyl adjacent to an activating group) is 1. The number of aryl methyl sites for hydroxylation is 1. The monoisotopic (exact) mass is 825 g/mol. The normalized spacial score (nSPS) is 38.8. The van der Waals surface area contributed by atoms with Crippen LogP contribution in [0.1, 0.15) is 86.6 Å². The lowest BCUT2D eigenvalue weighted by molar-refractivity contribution is -0.293. The maximum absolute atomic E-state index is 14.3. The maximum Gasteiger partial charge on any atom is 0.425 e. The molecule has 0 aliphatic carbocycles. The first-order chi connectivity index (χ1) is 27.8. The number of aromatic nitrogens is 1. The number of aliphatic hydroxyl groups excluding tert-OH is 1. The number of Topliss-reactive ketones (excluding diaryl/α,β-unsaturated/α-hetero) is 1. The highest BCUT2D eigenvalue weighted by Gasteiger charge is 2.62. The van der Waals surface area contributed by atoms with Crippen molar-refractivity contribution in [3.05, 3.63) is 36.0 Å². The summed E-state index contributed by atoms with van der Waals surface area (Å²) in [6, 6.07) is 6.75. The van der Waals surface area contributed by atoms with Gasteiger partial charge in [-0.25, -0.2) is 14.8 Å². The van der Waals surface area contributed by atoms with Gasteiger partial charge in [0.1, 0.15) is 23.9 Å². The largest absolute Gasteiger partial charge is 0.497 e. The van der Waals surface area contributed by atoms with E-state index in [-0.39, 0.29) is 36.4 Å². The van der Waals surface area contributed by atoms with E-state index in [2.05, 4.69) is 17.2 Å². The predicted molar refractivity (Wildman–Crippen MR) is 220 cm³/mol. The Morgan fingerprint density at radius 3 is 2.49 bits per heavy atom. The Kier molecular flexibility index (Phi) is 13.7. The number of methoxy groups -OCH3 is 1. The second kappa shape index (κ2) is 17.9. The molecular weight excluding hydrogens is 759 g/mol. The van der Waals surface area contributed by atoms with Crippen LogP contribution in [0.2, 0.25) is 0 Å². The van der Waals surface area contributed by atoms with Crippen molar-refractivity contribution in [2.75, 3.05) is 34.4 Å². The van der Waals surface area contributed by atoms with E-state index in [1.807, 2.05) is 76.0 Å². The summed E-state index contributed by atoms with van der Waals surface area (Å²) >= 11 is 0. The van der Waals surface area contributed by atoms with Crippen molar-refractivity contribution in [2.24, 2.45) is 23.7 Å². The Labute approximate surface area is 349 Å². The zero-order chi connectivity index (χ0) is 43.1. The van der Waals surface area contributed by atoms with Gasteiger partial charge in [-0.2, -0.15) is 0 Å². The molecule has 328 valence electrons. The first-order valence-corrected chi connectivity index (χ1v) is 21.4. The van der Waals surface area contributed by atoms with Gasteiger partial charge in [0.05, 0.1) is 43.1 Å². The number of carbonyl (C=O) groups is 3. The van der Waals surface area contributed by atoms with Gasteiger partial charge in [0, 0.05) is 42.2 Å². The van der Waals surface area contributed by atoms with Crippen LogP contribution in [0.5, 0.6) is 5.75 Å². The van der Waals surface area contributed by atoms with Crippen molar-refractivity contribution in [3.8, 4) is 5.75 Å². The van der Waals surface area contributed by atoms with Gasteiger partial charge in [0.2, 0.25) is 0 Å². The minimum absolute atomic E-state index is 0.181. The number of cyclic esters (lactones) is 1. The number of ketones is 1. The molecule has 4 aliphatic rings. The molecule has 15 nitrogen and oxygen atoms in total. The number of hydrazine groups is 1. The highest BCUT2D eigenvalue weighted by Crippen LogP contribution is 2.45. The molecule has 6 rings (SSSR count). The molecule has 1 aromatic heterocycles. The molecule has 0 saturated carbocycles. The summed E-state index contributed by atoms with van der Waals surface area (Å²) in [5.41, 5.74) is -0.939.